The number of nitrogens with zero attached hydrogens (tertiary/aromatic N) is 2. The van der Waals surface area contributed by atoms with Crippen molar-refractivity contribution >= 4 is 5.97 Å². The van der Waals surface area contributed by atoms with Gasteiger partial charge in [-0.05, 0) is 6.42 Å². The van der Waals surface area contributed by atoms with Crippen LogP contribution < -0.4 is 10.3 Å². The van der Waals surface area contributed by atoms with Gasteiger partial charge in [-0.2, -0.15) is 0 Å². The Morgan fingerprint density at radius 1 is 1.69 bits per heavy atom. The van der Waals surface area contributed by atoms with Crippen LogP contribution in [0.15, 0.2) is 12.5 Å². The molecule has 0 aliphatic rings. The molecule has 0 fully saturated rings. The van der Waals surface area contributed by atoms with E-state index in [4.69, 9.17) is 10.8 Å². The predicted molar refractivity (Wildman–Crippen MR) is 59.8 cm³/mol. The molecular weight excluding hydrogens is 206 g/mol. The molecule has 3 N–H and O–H groups in total. The number of aryl methyl sites for hydroxylation is 2. The number of aromatic nitrogens is 2. The SMILES string of the molecule is CCCCn1c[n+](C)cc1C[C@H](N)C(=O)O. The Labute approximate surface area is 95.5 Å². The molecule has 0 radical (unpaired) electrons. The van der Waals surface area contributed by atoms with Crippen LogP contribution in [0.5, 0.6) is 0 Å². The van der Waals surface area contributed by atoms with Crippen LogP contribution in [0.3, 0.4) is 0 Å². The third-order valence-electron chi connectivity index (χ3n) is 2.54. The first-order valence-electron chi connectivity index (χ1n) is 5.57. The molecule has 1 aromatic heterocycles. The second-order valence-electron chi connectivity index (χ2n) is 4.10. The number of carboxylic acid groups (broad SMARTS) is 1. The Bertz CT molecular complexity index is 360. The number of carbonyl (C=O) groups is 1. The second kappa shape index (κ2) is 5.65. The lowest BCUT2D eigenvalue weighted by molar-refractivity contribution is -0.671. The zero-order valence-electron chi connectivity index (χ0n) is 9.89. The lowest BCUT2D eigenvalue weighted by atomic mass is 10.2. The number of nitrogens with two attached hydrogens (primary N) is 1. The summed E-state index contributed by atoms with van der Waals surface area (Å²) < 4.78 is 4.01. The Balaban J connectivity index is 2.73. The van der Waals surface area contributed by atoms with Gasteiger partial charge >= 0.3 is 5.97 Å². The van der Waals surface area contributed by atoms with Crippen molar-refractivity contribution in [3.63, 3.8) is 0 Å². The van der Waals surface area contributed by atoms with Gasteiger partial charge in [0.2, 0.25) is 6.33 Å². The number of carboxylic acids is 1. The van der Waals surface area contributed by atoms with E-state index in [0.29, 0.717) is 6.42 Å². The van der Waals surface area contributed by atoms with Crippen molar-refractivity contribution in [3.8, 4) is 0 Å². The third kappa shape index (κ3) is 3.34. The van der Waals surface area contributed by atoms with E-state index < -0.39 is 12.0 Å². The summed E-state index contributed by atoms with van der Waals surface area (Å²) in [5.74, 6) is -0.953. The Kier molecular flexibility index (Phi) is 4.49. The van der Waals surface area contributed by atoms with Crippen molar-refractivity contribution in [1.82, 2.24) is 4.57 Å². The number of imidazole rings is 1. The van der Waals surface area contributed by atoms with Crippen LogP contribution >= 0.6 is 0 Å². The summed E-state index contributed by atoms with van der Waals surface area (Å²) in [6, 6.07) is -0.824. The van der Waals surface area contributed by atoms with Crippen molar-refractivity contribution in [2.45, 2.75) is 38.8 Å². The smallest absolute Gasteiger partial charge is 0.320 e. The normalized spacial score (nSPS) is 12.7. The minimum absolute atomic E-state index is 0.375. The molecule has 1 rings (SSSR count). The van der Waals surface area contributed by atoms with E-state index in [1.54, 1.807) is 0 Å². The van der Waals surface area contributed by atoms with Crippen molar-refractivity contribution in [1.29, 1.82) is 0 Å². The maximum Gasteiger partial charge on any atom is 0.320 e. The van der Waals surface area contributed by atoms with Gasteiger partial charge in [0.1, 0.15) is 17.9 Å². The summed E-state index contributed by atoms with van der Waals surface area (Å²) >= 11 is 0. The number of hydrogen-bond acceptors (Lipinski definition) is 2. The van der Waals surface area contributed by atoms with Gasteiger partial charge in [-0.25, -0.2) is 9.13 Å². The molecule has 90 valence electrons. The predicted octanol–water partition coefficient (Wildman–Crippen LogP) is 0.0671. The molecule has 16 heavy (non-hydrogen) atoms. The zero-order chi connectivity index (χ0) is 12.1. The van der Waals surface area contributed by atoms with Crippen LogP contribution in [0.25, 0.3) is 0 Å². The van der Waals surface area contributed by atoms with Crippen LogP contribution in [0, 0.1) is 0 Å². The monoisotopic (exact) mass is 226 g/mol. The molecule has 0 unspecified atom stereocenters. The largest absolute Gasteiger partial charge is 0.480 e. The lowest BCUT2D eigenvalue weighted by Crippen LogP contribution is -2.33. The summed E-state index contributed by atoms with van der Waals surface area (Å²) in [6.07, 6.45) is 6.48. The molecule has 0 saturated heterocycles. The molecule has 5 heteroatoms. The van der Waals surface area contributed by atoms with Crippen LogP contribution in [0.1, 0.15) is 25.5 Å². The first kappa shape index (κ1) is 12.7. The zero-order valence-corrected chi connectivity index (χ0v) is 9.89. The quantitative estimate of drug-likeness (QED) is 0.674. The molecule has 0 aromatic carbocycles. The highest BCUT2D eigenvalue weighted by molar-refractivity contribution is 5.73. The van der Waals surface area contributed by atoms with E-state index in [0.717, 1.165) is 25.1 Å². The fourth-order valence-corrected chi connectivity index (χ4v) is 1.65. The highest BCUT2D eigenvalue weighted by Gasteiger charge is 2.19. The minimum Gasteiger partial charge on any atom is -0.480 e. The molecule has 1 aromatic rings. The summed E-state index contributed by atoms with van der Waals surface area (Å²) in [7, 11) is 1.93. The molecule has 0 amide bonds. The number of aliphatic carboxylic acids is 1. The molecule has 0 saturated carbocycles. The summed E-state index contributed by atoms with van der Waals surface area (Å²) in [6.45, 7) is 3.05. The summed E-state index contributed by atoms with van der Waals surface area (Å²) in [5.41, 5.74) is 6.51. The molecule has 0 aliphatic carbocycles. The van der Waals surface area contributed by atoms with Crippen LogP contribution in [-0.4, -0.2) is 21.7 Å². The van der Waals surface area contributed by atoms with Gasteiger partial charge < -0.3 is 10.8 Å². The third-order valence-corrected chi connectivity index (χ3v) is 2.54. The van der Waals surface area contributed by atoms with Crippen molar-refractivity contribution < 1.29 is 14.5 Å². The number of unbranched alkanes of at least 4 members (excludes halogenated alkanes) is 1. The van der Waals surface area contributed by atoms with E-state index in [1.807, 2.05) is 24.1 Å². The van der Waals surface area contributed by atoms with Crippen LogP contribution in [-0.2, 0) is 24.8 Å². The van der Waals surface area contributed by atoms with E-state index >= 15 is 0 Å². The van der Waals surface area contributed by atoms with Crippen molar-refractivity contribution in [2.24, 2.45) is 12.8 Å². The molecule has 1 atom stereocenters. The Morgan fingerprint density at radius 2 is 2.38 bits per heavy atom. The second-order valence-corrected chi connectivity index (χ2v) is 4.10. The Morgan fingerprint density at radius 3 is 2.94 bits per heavy atom. The van der Waals surface area contributed by atoms with Crippen LogP contribution in [0.4, 0.5) is 0 Å². The van der Waals surface area contributed by atoms with E-state index in [-0.39, 0.29) is 0 Å². The standard InChI is InChI=1S/C11H19N3O2/c1-3-4-5-14-8-13(2)7-9(14)6-10(12)11(15)16/h7-8,10H,3-6,12H2,1-2H3/p+1/t10-/m0/s1. The summed E-state index contributed by atoms with van der Waals surface area (Å²) in [5, 5.41) is 8.78. The van der Waals surface area contributed by atoms with Gasteiger partial charge in [-0.15, -0.1) is 0 Å². The van der Waals surface area contributed by atoms with Gasteiger partial charge in [-0.3, -0.25) is 4.79 Å². The fraction of sp³-hybridized carbons (Fsp3) is 0.636. The molecular formula is C11H20N3O2+. The fourth-order valence-electron chi connectivity index (χ4n) is 1.65. The first-order valence-corrected chi connectivity index (χ1v) is 5.57. The molecule has 0 bridgehead atoms. The van der Waals surface area contributed by atoms with E-state index in [2.05, 4.69) is 11.5 Å². The number of rotatable bonds is 6. The molecule has 1 heterocycles. The van der Waals surface area contributed by atoms with Gasteiger partial charge in [0.05, 0.1) is 13.6 Å². The van der Waals surface area contributed by atoms with E-state index in [9.17, 15) is 4.79 Å². The Hall–Kier alpha value is -1.36. The first-order chi connectivity index (χ1) is 7.54. The highest BCUT2D eigenvalue weighted by Crippen LogP contribution is 2.04. The van der Waals surface area contributed by atoms with Crippen molar-refractivity contribution in [3.05, 3.63) is 18.2 Å². The topological polar surface area (TPSA) is 72.1 Å². The average Bonchev–Trinajstić information content (AvgIpc) is 2.55. The van der Waals surface area contributed by atoms with Gasteiger partial charge in [-0.1, -0.05) is 13.3 Å². The van der Waals surface area contributed by atoms with Crippen LogP contribution in [0.2, 0.25) is 0 Å². The van der Waals surface area contributed by atoms with Crippen molar-refractivity contribution in [2.75, 3.05) is 0 Å². The molecule has 5 nitrogen and oxygen atoms in total. The van der Waals surface area contributed by atoms with Gasteiger partial charge in [0, 0.05) is 6.42 Å². The molecule has 0 aliphatic heterocycles. The van der Waals surface area contributed by atoms with E-state index in [1.165, 1.54) is 0 Å². The molecule has 0 spiro atoms. The lowest BCUT2D eigenvalue weighted by Gasteiger charge is -2.04. The highest BCUT2D eigenvalue weighted by atomic mass is 16.4. The number of hydrogen-bond donors (Lipinski definition) is 2. The maximum absolute atomic E-state index is 10.7. The van der Waals surface area contributed by atoms with Gasteiger partial charge in [0.15, 0.2) is 0 Å². The summed E-state index contributed by atoms with van der Waals surface area (Å²) in [4.78, 5) is 10.7. The van der Waals surface area contributed by atoms with Gasteiger partial charge in [0.25, 0.3) is 0 Å². The minimum atomic E-state index is -0.953. The maximum atomic E-state index is 10.7. The average molecular weight is 226 g/mol.